The molecular formula is C27H28F2N4O3. The first-order chi connectivity index (χ1) is 17.5. The zero-order chi connectivity index (χ0) is 24.9. The number of imidazole rings is 1. The normalized spacial score (nSPS) is 19.6. The molecule has 1 aromatic carbocycles. The van der Waals surface area contributed by atoms with Crippen molar-refractivity contribution >= 4 is 23.0 Å². The second-order valence-electron chi connectivity index (χ2n) is 10.3. The Bertz CT molecular complexity index is 1360. The number of nitrogens with zero attached hydrogens (tertiary/aromatic N) is 4. The summed E-state index contributed by atoms with van der Waals surface area (Å²) in [5.74, 6) is 0.456. The van der Waals surface area contributed by atoms with E-state index in [0.717, 1.165) is 50.2 Å². The van der Waals surface area contributed by atoms with Crippen molar-refractivity contribution in [2.45, 2.75) is 44.7 Å². The molecule has 0 radical (unpaired) electrons. The molecule has 0 unspecified atom stereocenters. The number of ether oxygens (including phenoxy) is 1. The van der Waals surface area contributed by atoms with Gasteiger partial charge in [0.1, 0.15) is 24.0 Å². The second kappa shape index (κ2) is 8.96. The van der Waals surface area contributed by atoms with E-state index in [0.29, 0.717) is 35.6 Å². The number of para-hydroxylation sites is 1. The van der Waals surface area contributed by atoms with Gasteiger partial charge in [-0.2, -0.15) is 0 Å². The van der Waals surface area contributed by atoms with Crippen LogP contribution in [-0.4, -0.2) is 56.9 Å². The van der Waals surface area contributed by atoms with E-state index in [1.807, 2.05) is 16.7 Å². The lowest BCUT2D eigenvalue weighted by molar-refractivity contribution is 0.0696. The molecule has 0 bridgehead atoms. The summed E-state index contributed by atoms with van der Waals surface area (Å²) in [5, 5.41) is 9.43. The van der Waals surface area contributed by atoms with Crippen LogP contribution < -0.4 is 4.74 Å². The highest BCUT2D eigenvalue weighted by atomic mass is 19.1. The van der Waals surface area contributed by atoms with Gasteiger partial charge in [0.05, 0.1) is 29.9 Å². The number of likely N-dealkylation sites (tertiary alicyclic amines) is 1. The van der Waals surface area contributed by atoms with Gasteiger partial charge >= 0.3 is 5.97 Å². The highest BCUT2D eigenvalue weighted by Crippen LogP contribution is 2.48. The number of carboxylic acid groups (broad SMARTS) is 1. The number of hydrogen-bond donors (Lipinski definition) is 1. The Hall–Kier alpha value is -3.33. The van der Waals surface area contributed by atoms with Crippen molar-refractivity contribution < 1.29 is 23.4 Å². The van der Waals surface area contributed by atoms with Gasteiger partial charge in [0, 0.05) is 18.2 Å². The maximum atomic E-state index is 14.3. The van der Waals surface area contributed by atoms with Gasteiger partial charge < -0.3 is 14.4 Å². The monoisotopic (exact) mass is 494 g/mol. The number of pyridine rings is 1. The van der Waals surface area contributed by atoms with Crippen LogP contribution in [0.3, 0.4) is 0 Å². The third-order valence-corrected chi connectivity index (χ3v) is 7.85. The quantitative estimate of drug-likeness (QED) is 0.500. The highest BCUT2D eigenvalue weighted by Gasteiger charge is 2.44. The molecule has 9 heteroatoms. The fourth-order valence-corrected chi connectivity index (χ4v) is 5.45. The van der Waals surface area contributed by atoms with Gasteiger partial charge in [-0.1, -0.05) is 12.1 Å². The second-order valence-corrected chi connectivity index (χ2v) is 10.3. The SMILES string of the molecule is O=C(O)c1cnc2nc(CN3CCC(c4cccc5c4OCC=C5F)CC3)n(CC3(CF)CC3)c2c1. The topological polar surface area (TPSA) is 80.5 Å². The third kappa shape index (κ3) is 4.15. The number of aromatic carboxylic acids is 1. The number of fused-ring (bicyclic) bond motifs is 2. The summed E-state index contributed by atoms with van der Waals surface area (Å²) in [6.07, 6.45) is 6.23. The van der Waals surface area contributed by atoms with Crippen molar-refractivity contribution in [3.05, 3.63) is 59.1 Å². The molecule has 0 spiro atoms. The summed E-state index contributed by atoms with van der Waals surface area (Å²) < 4.78 is 35.8. The first-order valence-electron chi connectivity index (χ1n) is 12.4. The summed E-state index contributed by atoms with van der Waals surface area (Å²) in [6, 6.07) is 7.28. The van der Waals surface area contributed by atoms with Crippen molar-refractivity contribution in [3.63, 3.8) is 0 Å². The van der Waals surface area contributed by atoms with Crippen LogP contribution >= 0.6 is 0 Å². The minimum absolute atomic E-state index is 0.0980. The molecule has 6 rings (SSSR count). The Morgan fingerprint density at radius 3 is 2.78 bits per heavy atom. The zero-order valence-electron chi connectivity index (χ0n) is 19.9. The molecule has 7 nitrogen and oxygen atoms in total. The molecular weight excluding hydrogens is 466 g/mol. The fourth-order valence-electron chi connectivity index (χ4n) is 5.45. The Labute approximate surface area is 207 Å². The first kappa shape index (κ1) is 23.1. The van der Waals surface area contributed by atoms with Crippen molar-refractivity contribution in [2.24, 2.45) is 5.41 Å². The average Bonchev–Trinajstić information content (AvgIpc) is 3.60. The number of alkyl halides is 1. The van der Waals surface area contributed by atoms with E-state index in [2.05, 4.69) is 9.88 Å². The molecule has 2 aliphatic heterocycles. The number of benzene rings is 1. The summed E-state index contributed by atoms with van der Waals surface area (Å²) in [4.78, 5) is 22.8. The van der Waals surface area contributed by atoms with Gasteiger partial charge in [-0.15, -0.1) is 0 Å². The predicted molar refractivity (Wildman–Crippen MR) is 130 cm³/mol. The van der Waals surface area contributed by atoms with Crippen LogP contribution in [0.1, 0.15) is 58.9 Å². The third-order valence-electron chi connectivity index (χ3n) is 7.85. The van der Waals surface area contributed by atoms with E-state index in [-0.39, 0.29) is 29.3 Å². The molecule has 1 saturated heterocycles. The Morgan fingerprint density at radius 1 is 1.25 bits per heavy atom. The standard InChI is InChI=1S/C27H28F2N4O3/c28-15-27(7-8-27)16-33-22-12-18(26(34)35)13-30-25(22)31-23(33)14-32-9-4-17(5-10-32)19-2-1-3-20-21(29)6-11-36-24(19)20/h1-3,6,12-13,17H,4-5,7-11,14-16H2,(H,34,35). The maximum absolute atomic E-state index is 14.3. The zero-order valence-corrected chi connectivity index (χ0v) is 19.9. The highest BCUT2D eigenvalue weighted by molar-refractivity contribution is 5.91. The van der Waals surface area contributed by atoms with E-state index >= 15 is 0 Å². The van der Waals surface area contributed by atoms with Crippen LogP contribution in [-0.2, 0) is 13.1 Å². The van der Waals surface area contributed by atoms with Crippen molar-refractivity contribution in [1.29, 1.82) is 0 Å². The molecule has 0 atom stereocenters. The smallest absolute Gasteiger partial charge is 0.337 e. The van der Waals surface area contributed by atoms with Gasteiger partial charge in [0.15, 0.2) is 5.65 Å². The molecule has 3 aromatic rings. The summed E-state index contributed by atoms with van der Waals surface area (Å²) in [7, 11) is 0. The average molecular weight is 495 g/mol. The molecule has 2 aromatic heterocycles. The largest absolute Gasteiger partial charge is 0.488 e. The van der Waals surface area contributed by atoms with Crippen LogP contribution in [0, 0.1) is 5.41 Å². The summed E-state index contributed by atoms with van der Waals surface area (Å²) >= 11 is 0. The minimum atomic E-state index is -1.05. The number of rotatable bonds is 7. The Kier molecular flexibility index (Phi) is 5.75. The lowest BCUT2D eigenvalue weighted by atomic mass is 9.87. The van der Waals surface area contributed by atoms with Gasteiger partial charge in [-0.3, -0.25) is 9.29 Å². The van der Waals surface area contributed by atoms with Crippen LogP contribution in [0.25, 0.3) is 17.0 Å². The van der Waals surface area contributed by atoms with Gasteiger partial charge in [-0.25, -0.2) is 19.2 Å². The van der Waals surface area contributed by atoms with E-state index in [4.69, 9.17) is 9.72 Å². The number of piperidine rings is 1. The summed E-state index contributed by atoms with van der Waals surface area (Å²) in [6.45, 7) is 2.57. The van der Waals surface area contributed by atoms with E-state index in [9.17, 15) is 18.7 Å². The van der Waals surface area contributed by atoms with Crippen molar-refractivity contribution in [3.8, 4) is 5.75 Å². The van der Waals surface area contributed by atoms with Crippen molar-refractivity contribution in [1.82, 2.24) is 19.4 Å². The lowest BCUT2D eigenvalue weighted by Gasteiger charge is -2.33. The molecule has 1 N–H and O–H groups in total. The number of hydrogen-bond acceptors (Lipinski definition) is 5. The van der Waals surface area contributed by atoms with Crippen molar-refractivity contribution in [2.75, 3.05) is 26.4 Å². The Balaban J connectivity index is 1.22. The van der Waals surface area contributed by atoms with Crippen LogP contribution in [0.5, 0.6) is 5.75 Å². The molecule has 3 aliphatic rings. The molecule has 2 fully saturated rings. The molecule has 1 aliphatic carbocycles. The summed E-state index contributed by atoms with van der Waals surface area (Å²) in [5.41, 5.74) is 2.44. The molecule has 1 saturated carbocycles. The molecule has 4 heterocycles. The van der Waals surface area contributed by atoms with Gasteiger partial charge in [0.25, 0.3) is 0 Å². The van der Waals surface area contributed by atoms with Gasteiger partial charge in [0.2, 0.25) is 0 Å². The number of carbonyl (C=O) groups is 1. The van der Waals surface area contributed by atoms with Gasteiger partial charge in [-0.05, 0) is 68.5 Å². The van der Waals surface area contributed by atoms with E-state index < -0.39 is 12.6 Å². The van der Waals surface area contributed by atoms with Crippen LogP contribution in [0.4, 0.5) is 8.78 Å². The minimum Gasteiger partial charge on any atom is -0.488 e. The molecule has 188 valence electrons. The van der Waals surface area contributed by atoms with E-state index in [1.165, 1.54) is 12.3 Å². The lowest BCUT2D eigenvalue weighted by Crippen LogP contribution is -2.34. The molecule has 36 heavy (non-hydrogen) atoms. The number of halogens is 2. The number of carboxylic acids is 1. The predicted octanol–water partition coefficient (Wildman–Crippen LogP) is 4.96. The van der Waals surface area contributed by atoms with E-state index in [1.54, 1.807) is 12.1 Å². The van der Waals surface area contributed by atoms with Crippen LogP contribution in [0.2, 0.25) is 0 Å². The maximum Gasteiger partial charge on any atom is 0.337 e. The number of aromatic nitrogens is 3. The molecule has 0 amide bonds. The fraction of sp³-hybridized carbons (Fsp3) is 0.444. The first-order valence-corrected chi connectivity index (χ1v) is 12.4. The Morgan fingerprint density at radius 2 is 2.06 bits per heavy atom. The van der Waals surface area contributed by atoms with Crippen LogP contribution in [0.15, 0.2) is 36.5 Å².